The fourth-order valence-corrected chi connectivity index (χ4v) is 6.37. The molecule has 0 unspecified atom stereocenters. The number of amides is 1. The van der Waals surface area contributed by atoms with Crippen LogP contribution >= 0.6 is 22.7 Å². The van der Waals surface area contributed by atoms with Crippen LogP contribution in [0.5, 0.6) is 0 Å². The minimum atomic E-state index is -0.167. The third kappa shape index (κ3) is 3.34. The zero-order chi connectivity index (χ0) is 20.8. The highest BCUT2D eigenvalue weighted by Crippen LogP contribution is 2.45. The maximum absolute atomic E-state index is 13.0. The number of likely N-dealkylation sites (N-methyl/N-ethyl adjacent to an activating group) is 1. The number of para-hydroxylation sites is 1. The molecular formula is C22H23N5OS2. The number of nitrogens with one attached hydrogen (secondary N) is 1. The first-order chi connectivity index (χ1) is 14.5. The number of nitrogens with zero attached hydrogens (tertiary/aromatic N) is 4. The predicted molar refractivity (Wildman–Crippen MR) is 124 cm³/mol. The van der Waals surface area contributed by atoms with E-state index < -0.39 is 0 Å². The van der Waals surface area contributed by atoms with Gasteiger partial charge >= 0.3 is 0 Å². The van der Waals surface area contributed by atoms with Crippen LogP contribution in [0.25, 0.3) is 20.8 Å². The Kier molecular flexibility index (Phi) is 4.92. The van der Waals surface area contributed by atoms with Crippen molar-refractivity contribution in [3.8, 4) is 10.6 Å². The monoisotopic (exact) mass is 437 g/mol. The van der Waals surface area contributed by atoms with E-state index in [1.54, 1.807) is 22.7 Å². The van der Waals surface area contributed by atoms with Gasteiger partial charge in [0.2, 0.25) is 0 Å². The largest absolute Gasteiger partial charge is 0.312 e. The molecule has 8 heteroatoms. The molecule has 1 N–H and O–H groups in total. The Bertz CT molecular complexity index is 1220. The minimum absolute atomic E-state index is 0.167. The maximum Gasteiger partial charge on any atom is 0.276 e. The SMILES string of the molecule is CCn1nc(C(=O)Nc2sc3c(c2-c2nc4ccccc4s2)CCN(C)C3)cc1C. The lowest BCUT2D eigenvalue weighted by Crippen LogP contribution is -2.25. The van der Waals surface area contributed by atoms with E-state index >= 15 is 0 Å². The van der Waals surface area contributed by atoms with Gasteiger partial charge in [-0.05, 0) is 51.1 Å². The van der Waals surface area contributed by atoms with E-state index in [2.05, 4.69) is 28.4 Å². The number of carbonyl (C=O) groups excluding carboxylic acids is 1. The average molecular weight is 438 g/mol. The van der Waals surface area contributed by atoms with Crippen molar-refractivity contribution >= 4 is 43.8 Å². The Hall–Kier alpha value is -2.55. The fourth-order valence-electron chi connectivity index (χ4n) is 3.93. The van der Waals surface area contributed by atoms with E-state index in [1.165, 1.54) is 10.4 Å². The molecule has 1 aromatic carbocycles. The molecule has 1 aliphatic rings. The standard InChI is InChI=1S/C22H23N5OS2/c1-4-27-13(2)11-16(25-27)20(28)24-22-19(14-9-10-26(3)12-18(14)30-22)21-23-15-7-5-6-8-17(15)29-21/h5-8,11H,4,9-10,12H2,1-3H3,(H,24,28). The number of thiazole rings is 1. The Morgan fingerprint density at radius 2 is 2.10 bits per heavy atom. The van der Waals surface area contributed by atoms with E-state index in [0.29, 0.717) is 5.69 Å². The molecule has 6 nitrogen and oxygen atoms in total. The van der Waals surface area contributed by atoms with Gasteiger partial charge in [-0.1, -0.05) is 12.1 Å². The van der Waals surface area contributed by atoms with Crippen LogP contribution in [-0.2, 0) is 19.5 Å². The summed E-state index contributed by atoms with van der Waals surface area (Å²) in [5.74, 6) is -0.167. The summed E-state index contributed by atoms with van der Waals surface area (Å²) in [6, 6.07) is 10.0. The van der Waals surface area contributed by atoms with Crippen molar-refractivity contribution in [2.75, 3.05) is 18.9 Å². The molecule has 0 radical (unpaired) electrons. The van der Waals surface area contributed by atoms with E-state index in [9.17, 15) is 4.79 Å². The summed E-state index contributed by atoms with van der Waals surface area (Å²) in [5, 5.41) is 9.46. The number of aryl methyl sites for hydroxylation is 2. The second-order valence-electron chi connectivity index (χ2n) is 7.62. The summed E-state index contributed by atoms with van der Waals surface area (Å²) in [6.07, 6.45) is 0.965. The molecule has 4 aromatic rings. The summed E-state index contributed by atoms with van der Waals surface area (Å²) in [7, 11) is 2.14. The first kappa shape index (κ1) is 19.4. The molecule has 1 aliphatic heterocycles. The number of aromatic nitrogens is 3. The lowest BCUT2D eigenvalue weighted by Gasteiger charge is -2.22. The number of hydrogen-bond donors (Lipinski definition) is 1. The number of carbonyl (C=O) groups is 1. The number of hydrogen-bond acceptors (Lipinski definition) is 6. The Balaban J connectivity index is 1.58. The molecule has 1 amide bonds. The Morgan fingerprint density at radius 1 is 1.27 bits per heavy atom. The van der Waals surface area contributed by atoms with Gasteiger partial charge in [0, 0.05) is 35.8 Å². The third-order valence-electron chi connectivity index (χ3n) is 5.50. The van der Waals surface area contributed by atoms with Crippen molar-refractivity contribution in [3.63, 3.8) is 0 Å². The molecule has 0 atom stereocenters. The van der Waals surface area contributed by atoms with Crippen molar-refractivity contribution in [1.29, 1.82) is 0 Å². The number of rotatable bonds is 4. The first-order valence-electron chi connectivity index (χ1n) is 10.1. The van der Waals surface area contributed by atoms with Crippen LogP contribution < -0.4 is 5.32 Å². The normalized spacial score (nSPS) is 14.2. The minimum Gasteiger partial charge on any atom is -0.312 e. The van der Waals surface area contributed by atoms with Crippen molar-refractivity contribution < 1.29 is 4.79 Å². The lowest BCUT2D eigenvalue weighted by molar-refractivity contribution is 0.102. The van der Waals surface area contributed by atoms with Gasteiger partial charge < -0.3 is 10.2 Å². The van der Waals surface area contributed by atoms with Gasteiger partial charge in [-0.2, -0.15) is 5.10 Å². The molecule has 0 spiro atoms. The second-order valence-corrected chi connectivity index (χ2v) is 9.76. The number of anilines is 1. The van der Waals surface area contributed by atoms with Crippen molar-refractivity contribution in [1.82, 2.24) is 19.7 Å². The molecule has 3 aromatic heterocycles. The predicted octanol–water partition coefficient (Wildman–Crippen LogP) is 4.79. The molecular weight excluding hydrogens is 414 g/mol. The topological polar surface area (TPSA) is 63.1 Å². The van der Waals surface area contributed by atoms with Gasteiger partial charge in [0.05, 0.1) is 10.2 Å². The fraction of sp³-hybridized carbons (Fsp3) is 0.318. The second kappa shape index (κ2) is 7.61. The van der Waals surface area contributed by atoms with Crippen LogP contribution in [0.4, 0.5) is 5.00 Å². The van der Waals surface area contributed by atoms with Crippen LogP contribution in [0, 0.1) is 6.92 Å². The summed E-state index contributed by atoms with van der Waals surface area (Å²) in [4.78, 5) is 21.5. The summed E-state index contributed by atoms with van der Waals surface area (Å²) in [6.45, 7) is 6.65. The molecule has 0 aliphatic carbocycles. The van der Waals surface area contributed by atoms with E-state index in [4.69, 9.17) is 4.98 Å². The Morgan fingerprint density at radius 3 is 2.87 bits per heavy atom. The molecule has 30 heavy (non-hydrogen) atoms. The smallest absolute Gasteiger partial charge is 0.276 e. The van der Waals surface area contributed by atoms with Gasteiger partial charge in [-0.25, -0.2) is 4.98 Å². The van der Waals surface area contributed by atoms with Crippen LogP contribution in [-0.4, -0.2) is 39.2 Å². The van der Waals surface area contributed by atoms with E-state index in [-0.39, 0.29) is 5.91 Å². The van der Waals surface area contributed by atoms with Crippen LogP contribution in [0.1, 0.15) is 33.5 Å². The highest BCUT2D eigenvalue weighted by Gasteiger charge is 2.27. The highest BCUT2D eigenvalue weighted by atomic mass is 32.1. The molecule has 0 saturated heterocycles. The quantitative estimate of drug-likeness (QED) is 0.499. The first-order valence-corrected chi connectivity index (χ1v) is 11.7. The summed E-state index contributed by atoms with van der Waals surface area (Å²) < 4.78 is 3.01. The van der Waals surface area contributed by atoms with Gasteiger partial charge in [-0.15, -0.1) is 22.7 Å². The van der Waals surface area contributed by atoms with Gasteiger partial charge in [0.25, 0.3) is 5.91 Å². The van der Waals surface area contributed by atoms with Crippen LogP contribution in [0.15, 0.2) is 30.3 Å². The average Bonchev–Trinajstić information content (AvgIpc) is 3.41. The lowest BCUT2D eigenvalue weighted by atomic mass is 10.0. The van der Waals surface area contributed by atoms with Crippen molar-refractivity contribution in [3.05, 3.63) is 52.2 Å². The molecule has 0 fully saturated rings. The molecule has 4 heterocycles. The third-order valence-corrected chi connectivity index (χ3v) is 7.68. The maximum atomic E-state index is 13.0. The highest BCUT2D eigenvalue weighted by molar-refractivity contribution is 7.22. The van der Waals surface area contributed by atoms with Crippen LogP contribution in [0.2, 0.25) is 0 Å². The number of benzene rings is 1. The van der Waals surface area contributed by atoms with Crippen molar-refractivity contribution in [2.45, 2.75) is 33.4 Å². The molecule has 5 rings (SSSR count). The van der Waals surface area contributed by atoms with Crippen LogP contribution in [0.3, 0.4) is 0 Å². The van der Waals surface area contributed by atoms with Gasteiger partial charge in [0.1, 0.15) is 10.0 Å². The number of fused-ring (bicyclic) bond motifs is 2. The summed E-state index contributed by atoms with van der Waals surface area (Å²) in [5.41, 5.74) is 4.85. The summed E-state index contributed by atoms with van der Waals surface area (Å²) >= 11 is 3.36. The zero-order valence-corrected chi connectivity index (χ0v) is 18.9. The van der Waals surface area contributed by atoms with E-state index in [1.807, 2.05) is 42.8 Å². The molecule has 0 saturated carbocycles. The molecule has 0 bridgehead atoms. The zero-order valence-electron chi connectivity index (χ0n) is 17.2. The number of thiophene rings is 1. The molecule has 154 valence electrons. The van der Waals surface area contributed by atoms with Gasteiger partial charge in [-0.3, -0.25) is 9.48 Å². The van der Waals surface area contributed by atoms with Gasteiger partial charge in [0.15, 0.2) is 5.69 Å². The van der Waals surface area contributed by atoms with Crippen molar-refractivity contribution in [2.24, 2.45) is 0 Å². The Labute approximate surface area is 183 Å². The van der Waals surface area contributed by atoms with E-state index in [0.717, 1.165) is 57.5 Å².